The number of alkyl halides is 6. The molecule has 1 aromatic rings. The number of halogens is 6. The highest BCUT2D eigenvalue weighted by molar-refractivity contribution is 6.03. The van der Waals surface area contributed by atoms with Gasteiger partial charge in [0.15, 0.2) is 0 Å². The van der Waals surface area contributed by atoms with E-state index in [1.807, 2.05) is 5.32 Å². The standard InChI is InChI=1S/C13H8F6N2O4/c14-12(15,16)9(22)6-4-20-8-3-5(10(23)24)1-2-7(8)21-11(6,25)13(17,18)19/h1-4,20-21,25H,(H,23,24). The van der Waals surface area contributed by atoms with Gasteiger partial charge in [-0.1, -0.05) is 0 Å². The number of carbonyl (C=O) groups excluding carboxylic acids is 1. The first-order valence-electron chi connectivity index (χ1n) is 6.30. The molecule has 12 heteroatoms. The van der Waals surface area contributed by atoms with E-state index in [1.54, 1.807) is 0 Å². The lowest BCUT2D eigenvalue weighted by molar-refractivity contribution is -0.235. The third kappa shape index (κ3) is 3.24. The van der Waals surface area contributed by atoms with E-state index in [0.717, 1.165) is 18.2 Å². The minimum Gasteiger partial charge on any atom is -0.478 e. The Kier molecular flexibility index (Phi) is 4.20. The number of Topliss-reactive ketones (excluding diaryl/α,β-unsaturated/α-hetero) is 1. The van der Waals surface area contributed by atoms with E-state index < -0.39 is 41.1 Å². The third-order valence-electron chi connectivity index (χ3n) is 3.26. The van der Waals surface area contributed by atoms with Gasteiger partial charge in [-0.15, -0.1) is 0 Å². The summed E-state index contributed by atoms with van der Waals surface area (Å²) in [5.74, 6) is -4.37. The number of rotatable bonds is 2. The summed E-state index contributed by atoms with van der Waals surface area (Å²) in [5.41, 5.74) is -7.72. The lowest BCUT2D eigenvalue weighted by atomic mass is 9.98. The number of aromatic carboxylic acids is 1. The molecule has 0 aliphatic carbocycles. The van der Waals surface area contributed by atoms with Crippen LogP contribution in [-0.2, 0) is 4.79 Å². The highest BCUT2D eigenvalue weighted by Crippen LogP contribution is 2.43. The molecule has 0 fully saturated rings. The van der Waals surface area contributed by atoms with Crippen LogP contribution in [0.4, 0.5) is 37.7 Å². The summed E-state index contributed by atoms with van der Waals surface area (Å²) < 4.78 is 77.4. The molecule has 1 aromatic carbocycles. The summed E-state index contributed by atoms with van der Waals surface area (Å²) in [7, 11) is 0. The summed E-state index contributed by atoms with van der Waals surface area (Å²) in [6, 6.07) is 2.49. The first-order valence-corrected chi connectivity index (χ1v) is 6.30. The largest absolute Gasteiger partial charge is 0.478 e. The Hall–Kier alpha value is -2.76. The summed E-state index contributed by atoms with van der Waals surface area (Å²) >= 11 is 0. The van der Waals surface area contributed by atoms with Crippen LogP contribution in [0.1, 0.15) is 10.4 Å². The van der Waals surface area contributed by atoms with Crippen molar-refractivity contribution in [1.29, 1.82) is 0 Å². The number of ketones is 1. The Balaban J connectivity index is 2.63. The van der Waals surface area contributed by atoms with Gasteiger partial charge >= 0.3 is 18.3 Å². The maximum absolute atomic E-state index is 13.2. The van der Waals surface area contributed by atoms with Crippen LogP contribution in [-0.4, -0.2) is 40.0 Å². The topological polar surface area (TPSA) is 98.7 Å². The van der Waals surface area contributed by atoms with E-state index in [9.17, 15) is 41.0 Å². The van der Waals surface area contributed by atoms with Gasteiger partial charge in [0, 0.05) is 6.20 Å². The number of hydrogen-bond donors (Lipinski definition) is 4. The average Bonchev–Trinajstić information content (AvgIpc) is 2.60. The van der Waals surface area contributed by atoms with Crippen LogP contribution in [0.3, 0.4) is 0 Å². The minimum atomic E-state index is -5.70. The quantitative estimate of drug-likeness (QED) is 0.597. The second kappa shape index (κ2) is 5.65. The second-order valence-electron chi connectivity index (χ2n) is 4.93. The van der Waals surface area contributed by atoms with Crippen molar-refractivity contribution in [1.82, 2.24) is 0 Å². The van der Waals surface area contributed by atoms with Crippen LogP contribution in [0.2, 0.25) is 0 Å². The molecule has 25 heavy (non-hydrogen) atoms. The average molecular weight is 370 g/mol. The summed E-state index contributed by atoms with van der Waals surface area (Å²) in [6.45, 7) is 0. The van der Waals surface area contributed by atoms with E-state index in [1.165, 1.54) is 5.32 Å². The molecule has 1 aliphatic heterocycles. The first kappa shape index (κ1) is 18.6. The van der Waals surface area contributed by atoms with Gasteiger partial charge in [0.25, 0.3) is 11.5 Å². The highest BCUT2D eigenvalue weighted by Gasteiger charge is 2.62. The van der Waals surface area contributed by atoms with Crippen molar-refractivity contribution < 1.29 is 46.1 Å². The SMILES string of the molecule is O=C(O)c1ccc2c(c1)NC=C(C(=O)C(F)(F)F)C(O)(C(F)(F)F)N2. The molecule has 1 atom stereocenters. The smallest absolute Gasteiger partial charge is 0.454 e. The second-order valence-corrected chi connectivity index (χ2v) is 4.93. The van der Waals surface area contributed by atoms with E-state index in [0.29, 0.717) is 0 Å². The number of carboxylic acid groups (broad SMARTS) is 1. The van der Waals surface area contributed by atoms with Gasteiger partial charge in [-0.3, -0.25) is 4.79 Å². The van der Waals surface area contributed by atoms with Gasteiger partial charge < -0.3 is 20.8 Å². The predicted molar refractivity (Wildman–Crippen MR) is 70.8 cm³/mol. The Bertz CT molecular complexity index is 771. The number of benzene rings is 1. The van der Waals surface area contributed by atoms with Crippen molar-refractivity contribution in [3.63, 3.8) is 0 Å². The Morgan fingerprint density at radius 2 is 1.64 bits per heavy atom. The highest BCUT2D eigenvalue weighted by atomic mass is 19.4. The molecule has 4 N–H and O–H groups in total. The lowest BCUT2D eigenvalue weighted by Gasteiger charge is -2.32. The number of aliphatic hydroxyl groups is 1. The Morgan fingerprint density at radius 3 is 2.12 bits per heavy atom. The molecule has 1 unspecified atom stereocenters. The van der Waals surface area contributed by atoms with Crippen LogP contribution >= 0.6 is 0 Å². The summed E-state index contributed by atoms with van der Waals surface area (Å²) in [6.07, 6.45) is -11.3. The number of anilines is 2. The van der Waals surface area contributed by atoms with Gasteiger partial charge in [-0.05, 0) is 18.2 Å². The normalized spacial score (nSPS) is 20.5. The maximum atomic E-state index is 13.2. The number of carbonyl (C=O) groups is 2. The summed E-state index contributed by atoms with van der Waals surface area (Å²) in [4.78, 5) is 22.2. The van der Waals surface area contributed by atoms with Gasteiger partial charge in [-0.2, -0.15) is 26.3 Å². The molecule has 0 aromatic heterocycles. The van der Waals surface area contributed by atoms with E-state index in [2.05, 4.69) is 0 Å². The molecule has 6 nitrogen and oxygen atoms in total. The molecule has 0 amide bonds. The molecule has 136 valence electrons. The minimum absolute atomic E-state index is 0.0355. The number of hydrogen-bond acceptors (Lipinski definition) is 5. The molecule has 0 bridgehead atoms. The molecule has 0 saturated carbocycles. The molecule has 0 radical (unpaired) electrons. The van der Waals surface area contributed by atoms with Gasteiger partial charge in [0.2, 0.25) is 0 Å². The molecular formula is C13H8F6N2O4. The van der Waals surface area contributed by atoms with Crippen molar-refractivity contribution in [2.24, 2.45) is 0 Å². The number of fused-ring (bicyclic) bond motifs is 1. The van der Waals surface area contributed by atoms with Crippen molar-refractivity contribution >= 4 is 23.1 Å². The molecule has 1 aliphatic rings. The van der Waals surface area contributed by atoms with Crippen molar-refractivity contribution in [3.8, 4) is 0 Å². The first-order chi connectivity index (χ1) is 11.3. The number of carboxylic acids is 1. The van der Waals surface area contributed by atoms with E-state index in [-0.39, 0.29) is 17.5 Å². The molecule has 0 spiro atoms. The lowest BCUT2D eigenvalue weighted by Crippen LogP contribution is -2.56. The predicted octanol–water partition coefficient (Wildman–Crippen LogP) is 2.49. The van der Waals surface area contributed by atoms with Gasteiger partial charge in [0.1, 0.15) is 0 Å². The van der Waals surface area contributed by atoms with Crippen LogP contribution < -0.4 is 10.6 Å². The fourth-order valence-corrected chi connectivity index (χ4v) is 2.03. The molecule has 2 rings (SSSR count). The van der Waals surface area contributed by atoms with Crippen molar-refractivity contribution in [2.45, 2.75) is 18.1 Å². The zero-order valence-electron chi connectivity index (χ0n) is 11.8. The zero-order chi connectivity index (χ0) is 19.2. The Labute approximate surface area is 134 Å². The third-order valence-corrected chi connectivity index (χ3v) is 3.26. The van der Waals surface area contributed by atoms with Gasteiger partial charge in [0.05, 0.1) is 22.5 Å². The van der Waals surface area contributed by atoms with Crippen LogP contribution in [0.25, 0.3) is 0 Å². The number of nitrogens with one attached hydrogen (secondary N) is 2. The van der Waals surface area contributed by atoms with E-state index >= 15 is 0 Å². The van der Waals surface area contributed by atoms with Crippen LogP contribution in [0.15, 0.2) is 30.0 Å². The van der Waals surface area contributed by atoms with Crippen LogP contribution in [0.5, 0.6) is 0 Å². The molecule has 1 heterocycles. The molecule has 0 saturated heterocycles. The Morgan fingerprint density at radius 1 is 1.04 bits per heavy atom. The summed E-state index contributed by atoms with van der Waals surface area (Å²) in [5, 5.41) is 22.1. The fraction of sp³-hybridized carbons (Fsp3) is 0.231. The van der Waals surface area contributed by atoms with Gasteiger partial charge in [-0.25, -0.2) is 4.79 Å². The van der Waals surface area contributed by atoms with Crippen LogP contribution in [0, 0.1) is 0 Å². The fourth-order valence-electron chi connectivity index (χ4n) is 2.03. The zero-order valence-corrected chi connectivity index (χ0v) is 11.8. The maximum Gasteiger partial charge on any atom is 0.454 e. The van der Waals surface area contributed by atoms with Crippen molar-refractivity contribution in [2.75, 3.05) is 10.6 Å². The monoisotopic (exact) mass is 370 g/mol. The molecular weight excluding hydrogens is 362 g/mol. The van der Waals surface area contributed by atoms with E-state index in [4.69, 9.17) is 5.11 Å². The van der Waals surface area contributed by atoms with Crippen molar-refractivity contribution in [3.05, 3.63) is 35.5 Å².